The normalized spacial score (nSPS) is 10.5. The van der Waals surface area contributed by atoms with Crippen molar-refractivity contribution in [3.8, 4) is 0 Å². The van der Waals surface area contributed by atoms with E-state index in [2.05, 4.69) is 27.3 Å². The van der Waals surface area contributed by atoms with Gasteiger partial charge in [-0.05, 0) is 40.8 Å². The number of carbonyl (C=O) groups excluding carboxylic acids is 1. The molecule has 0 N–H and O–H groups in total. The summed E-state index contributed by atoms with van der Waals surface area (Å²) in [6.45, 7) is 0. The van der Waals surface area contributed by atoms with E-state index in [0.717, 1.165) is 8.14 Å². The average molecular weight is 319 g/mol. The quantitative estimate of drug-likeness (QED) is 0.695. The maximum Gasteiger partial charge on any atom is 0.429 e. The summed E-state index contributed by atoms with van der Waals surface area (Å²) in [5.74, 6) is -0.737. The van der Waals surface area contributed by atoms with Crippen molar-refractivity contribution in [1.82, 2.24) is 4.57 Å². The van der Waals surface area contributed by atoms with Crippen molar-refractivity contribution < 1.29 is 13.9 Å². The minimum absolute atomic E-state index is 0.373. The van der Waals surface area contributed by atoms with Gasteiger partial charge in [-0.3, -0.25) is 0 Å². The standard InChI is InChI=1S/C9H6INO4/c1-14-8(12)11-6-3-2-5(10)4-7(6)15-9(11)13/h2-4H,1H3. The lowest BCUT2D eigenvalue weighted by Gasteiger charge is -1.97. The molecule has 6 heteroatoms. The Balaban J connectivity index is 2.80. The van der Waals surface area contributed by atoms with E-state index < -0.39 is 11.8 Å². The minimum atomic E-state index is -0.750. The van der Waals surface area contributed by atoms with Crippen LogP contribution < -0.4 is 5.76 Å². The summed E-state index contributed by atoms with van der Waals surface area (Å²) in [4.78, 5) is 22.6. The molecule has 0 bridgehead atoms. The molecule has 0 atom stereocenters. The molecule has 0 fully saturated rings. The van der Waals surface area contributed by atoms with Gasteiger partial charge in [0.2, 0.25) is 0 Å². The Morgan fingerprint density at radius 1 is 1.53 bits per heavy atom. The van der Waals surface area contributed by atoms with Crippen LogP contribution in [0, 0.1) is 3.57 Å². The van der Waals surface area contributed by atoms with Crippen molar-refractivity contribution in [2.45, 2.75) is 0 Å². The molecule has 0 saturated carbocycles. The fraction of sp³-hybridized carbons (Fsp3) is 0.111. The first-order valence-electron chi connectivity index (χ1n) is 4.03. The molecule has 5 nitrogen and oxygen atoms in total. The summed E-state index contributed by atoms with van der Waals surface area (Å²) < 4.78 is 11.2. The first kappa shape index (κ1) is 10.2. The Kier molecular flexibility index (Phi) is 2.51. The van der Waals surface area contributed by atoms with Crippen molar-refractivity contribution in [1.29, 1.82) is 0 Å². The van der Waals surface area contributed by atoms with Gasteiger partial charge in [-0.1, -0.05) is 0 Å². The summed E-state index contributed by atoms with van der Waals surface area (Å²) in [5, 5.41) is 0. The molecule has 0 radical (unpaired) electrons. The van der Waals surface area contributed by atoms with E-state index in [0.29, 0.717) is 11.1 Å². The third kappa shape index (κ3) is 1.65. The number of ether oxygens (including phenoxy) is 1. The molecule has 0 spiro atoms. The van der Waals surface area contributed by atoms with E-state index in [1.54, 1.807) is 18.2 Å². The van der Waals surface area contributed by atoms with Crippen molar-refractivity contribution in [3.63, 3.8) is 0 Å². The maximum atomic E-state index is 11.3. The zero-order valence-electron chi connectivity index (χ0n) is 7.69. The number of oxazole rings is 1. The molecular formula is C9H6INO4. The van der Waals surface area contributed by atoms with Crippen molar-refractivity contribution in [2.75, 3.05) is 7.11 Å². The molecule has 0 unspecified atom stereocenters. The van der Waals surface area contributed by atoms with E-state index >= 15 is 0 Å². The van der Waals surface area contributed by atoms with E-state index in [-0.39, 0.29) is 0 Å². The molecule has 0 aliphatic heterocycles. The second kappa shape index (κ2) is 3.69. The Morgan fingerprint density at radius 3 is 2.93 bits per heavy atom. The molecule has 1 heterocycles. The van der Waals surface area contributed by atoms with Crippen molar-refractivity contribution >= 4 is 39.8 Å². The van der Waals surface area contributed by atoms with Gasteiger partial charge < -0.3 is 9.15 Å². The van der Waals surface area contributed by atoms with Crippen LogP contribution in [0.1, 0.15) is 0 Å². The van der Waals surface area contributed by atoms with E-state index in [1.165, 1.54) is 7.11 Å². The molecule has 0 aliphatic carbocycles. The molecule has 1 aromatic heterocycles. The Labute approximate surface area is 97.8 Å². The SMILES string of the molecule is COC(=O)n1c(=O)oc2cc(I)ccc21. The predicted octanol–water partition coefficient (Wildman–Crippen LogP) is 1.81. The zero-order valence-corrected chi connectivity index (χ0v) is 9.85. The number of halogens is 1. The summed E-state index contributed by atoms with van der Waals surface area (Å²) >= 11 is 2.09. The van der Waals surface area contributed by atoms with Crippen molar-refractivity contribution in [3.05, 3.63) is 32.3 Å². The van der Waals surface area contributed by atoms with E-state index in [9.17, 15) is 9.59 Å². The molecule has 0 saturated heterocycles. The third-order valence-electron chi connectivity index (χ3n) is 1.90. The van der Waals surface area contributed by atoms with Crippen molar-refractivity contribution in [2.24, 2.45) is 0 Å². The van der Waals surface area contributed by atoms with Crippen LogP contribution in [-0.4, -0.2) is 17.8 Å². The Hall–Kier alpha value is -1.31. The van der Waals surface area contributed by atoms with Gasteiger partial charge in [0.15, 0.2) is 5.58 Å². The number of fused-ring (bicyclic) bond motifs is 1. The average Bonchev–Trinajstić information content (AvgIpc) is 2.52. The lowest BCUT2D eigenvalue weighted by molar-refractivity contribution is 0.171. The van der Waals surface area contributed by atoms with Crippen LogP contribution in [0.5, 0.6) is 0 Å². The zero-order chi connectivity index (χ0) is 11.0. The second-order valence-electron chi connectivity index (χ2n) is 2.79. The van der Waals surface area contributed by atoms with Gasteiger partial charge in [0.05, 0.1) is 7.11 Å². The minimum Gasteiger partial charge on any atom is -0.452 e. The van der Waals surface area contributed by atoms with Crippen LogP contribution >= 0.6 is 22.6 Å². The Morgan fingerprint density at radius 2 is 2.27 bits per heavy atom. The van der Waals surface area contributed by atoms with Crippen LogP contribution in [0.4, 0.5) is 4.79 Å². The summed E-state index contributed by atoms with van der Waals surface area (Å²) in [6.07, 6.45) is -0.750. The van der Waals surface area contributed by atoms with Crippen LogP contribution in [0.15, 0.2) is 27.4 Å². The number of hydrogen-bond acceptors (Lipinski definition) is 4. The van der Waals surface area contributed by atoms with Crippen LogP contribution in [0.3, 0.4) is 0 Å². The fourth-order valence-corrected chi connectivity index (χ4v) is 1.72. The maximum absolute atomic E-state index is 11.3. The van der Waals surface area contributed by atoms with Gasteiger partial charge in [0.25, 0.3) is 0 Å². The summed E-state index contributed by atoms with van der Waals surface area (Å²) in [5.41, 5.74) is 0.782. The summed E-state index contributed by atoms with van der Waals surface area (Å²) in [6, 6.07) is 5.09. The molecule has 2 aromatic rings. The number of nitrogens with zero attached hydrogens (tertiary/aromatic N) is 1. The molecule has 1 aromatic carbocycles. The van der Waals surface area contributed by atoms with Gasteiger partial charge in [-0.25, -0.2) is 9.59 Å². The smallest absolute Gasteiger partial charge is 0.429 e. The second-order valence-corrected chi connectivity index (χ2v) is 4.03. The largest absolute Gasteiger partial charge is 0.452 e. The lowest BCUT2D eigenvalue weighted by Crippen LogP contribution is -2.22. The number of benzene rings is 1. The number of rotatable bonds is 0. The monoisotopic (exact) mass is 319 g/mol. The number of carbonyl (C=O) groups is 1. The topological polar surface area (TPSA) is 61.4 Å². The highest BCUT2D eigenvalue weighted by atomic mass is 127. The van der Waals surface area contributed by atoms with Crippen LogP contribution in [0.25, 0.3) is 11.1 Å². The van der Waals surface area contributed by atoms with Gasteiger partial charge in [0, 0.05) is 3.57 Å². The van der Waals surface area contributed by atoms with Gasteiger partial charge in [-0.2, -0.15) is 4.57 Å². The molecule has 78 valence electrons. The number of aromatic nitrogens is 1. The molecular weight excluding hydrogens is 313 g/mol. The highest BCUT2D eigenvalue weighted by Gasteiger charge is 2.15. The predicted molar refractivity (Wildman–Crippen MR) is 61.0 cm³/mol. The number of hydrogen-bond donors (Lipinski definition) is 0. The van der Waals surface area contributed by atoms with Gasteiger partial charge >= 0.3 is 11.8 Å². The van der Waals surface area contributed by atoms with E-state index in [1.807, 2.05) is 0 Å². The summed E-state index contributed by atoms with van der Waals surface area (Å²) in [7, 11) is 1.21. The van der Waals surface area contributed by atoms with Crippen LogP contribution in [-0.2, 0) is 4.74 Å². The van der Waals surface area contributed by atoms with E-state index in [4.69, 9.17) is 4.42 Å². The highest BCUT2D eigenvalue weighted by Crippen LogP contribution is 2.16. The molecule has 15 heavy (non-hydrogen) atoms. The van der Waals surface area contributed by atoms with Crippen LogP contribution in [0.2, 0.25) is 0 Å². The third-order valence-corrected chi connectivity index (χ3v) is 2.57. The first-order valence-corrected chi connectivity index (χ1v) is 5.11. The molecule has 0 amide bonds. The van der Waals surface area contributed by atoms with Gasteiger partial charge in [0.1, 0.15) is 5.52 Å². The van der Waals surface area contributed by atoms with Gasteiger partial charge in [-0.15, -0.1) is 0 Å². The first-order chi connectivity index (χ1) is 7.13. The highest BCUT2D eigenvalue weighted by molar-refractivity contribution is 14.1. The number of methoxy groups -OCH3 is 1. The molecule has 2 rings (SSSR count). The lowest BCUT2D eigenvalue weighted by atomic mass is 10.3. The molecule has 0 aliphatic rings. The fourth-order valence-electron chi connectivity index (χ4n) is 1.26. The Bertz CT molecular complexity index is 583.